The third kappa shape index (κ3) is 4.07. The minimum atomic E-state index is -0.328. The molecule has 0 bridgehead atoms. The molecule has 1 N–H and O–H groups in total. The number of hydrogen-bond donors (Lipinski definition) is 1. The molecule has 0 aliphatic carbocycles. The molecule has 1 fully saturated rings. The minimum Gasteiger partial charge on any atom is -0.289 e. The van der Waals surface area contributed by atoms with E-state index in [1.807, 2.05) is 26.8 Å². The number of rotatable bonds is 6. The maximum absolute atomic E-state index is 12.6. The predicted molar refractivity (Wildman–Crippen MR) is 112 cm³/mol. The molecule has 1 aromatic carbocycles. The topological polar surface area (TPSA) is 96.7 Å². The maximum atomic E-state index is 12.6. The van der Waals surface area contributed by atoms with Gasteiger partial charge in [-0.05, 0) is 32.9 Å². The van der Waals surface area contributed by atoms with Crippen LogP contribution in [0, 0.1) is 0 Å². The molecule has 0 spiro atoms. The summed E-state index contributed by atoms with van der Waals surface area (Å²) in [4.78, 5) is 42.9. The standard InChI is InChI=1S/C18H21N5O3S2/c1-4-22-15(25)11(3)28-18(22)21-20-14(24)10-27-17-19-13-9-7-6-8-12(13)16(26)23(17)5-2/h6-9,11H,4-5,10H2,1-3H3,(H,20,24)/b21-18-/t11-/m1/s1. The quantitative estimate of drug-likeness (QED) is 0.436. The number of para-hydroxylation sites is 1. The fourth-order valence-corrected chi connectivity index (χ4v) is 4.62. The van der Waals surface area contributed by atoms with Gasteiger partial charge in [-0.2, -0.15) is 0 Å². The second-order valence-corrected chi connectivity index (χ2v) is 8.27. The molecule has 1 atom stereocenters. The smallest absolute Gasteiger partial charge is 0.262 e. The Morgan fingerprint density at radius 3 is 2.75 bits per heavy atom. The lowest BCUT2D eigenvalue weighted by molar-refractivity contribution is -0.126. The van der Waals surface area contributed by atoms with Gasteiger partial charge < -0.3 is 0 Å². The van der Waals surface area contributed by atoms with E-state index in [2.05, 4.69) is 15.5 Å². The first-order chi connectivity index (χ1) is 13.5. The van der Waals surface area contributed by atoms with Crippen LogP contribution >= 0.6 is 23.5 Å². The van der Waals surface area contributed by atoms with Gasteiger partial charge in [0.15, 0.2) is 10.3 Å². The molecule has 148 valence electrons. The van der Waals surface area contributed by atoms with Gasteiger partial charge >= 0.3 is 0 Å². The first kappa shape index (κ1) is 20.4. The average Bonchev–Trinajstić information content (AvgIpc) is 2.98. The summed E-state index contributed by atoms with van der Waals surface area (Å²) >= 11 is 2.50. The Balaban J connectivity index is 1.70. The fourth-order valence-electron chi connectivity index (χ4n) is 2.77. The summed E-state index contributed by atoms with van der Waals surface area (Å²) in [7, 11) is 0. The largest absolute Gasteiger partial charge is 0.289 e. The number of carbonyl (C=O) groups is 2. The monoisotopic (exact) mass is 419 g/mol. The molecule has 2 aromatic rings. The van der Waals surface area contributed by atoms with Gasteiger partial charge in [0.05, 0.1) is 21.9 Å². The molecule has 1 aliphatic heterocycles. The van der Waals surface area contributed by atoms with Crippen LogP contribution in [-0.2, 0) is 16.1 Å². The number of benzene rings is 1. The van der Waals surface area contributed by atoms with Crippen LogP contribution in [0.2, 0.25) is 0 Å². The molecule has 1 saturated heterocycles. The van der Waals surface area contributed by atoms with Crippen molar-refractivity contribution in [2.24, 2.45) is 5.10 Å². The van der Waals surface area contributed by atoms with Crippen LogP contribution < -0.4 is 11.0 Å². The Morgan fingerprint density at radius 2 is 2.04 bits per heavy atom. The van der Waals surface area contributed by atoms with Gasteiger partial charge in [0.25, 0.3) is 11.5 Å². The van der Waals surface area contributed by atoms with Crippen LogP contribution in [0.3, 0.4) is 0 Å². The second kappa shape index (κ2) is 8.78. The van der Waals surface area contributed by atoms with Crippen LogP contribution in [-0.4, -0.2) is 49.0 Å². The molecule has 2 heterocycles. The number of amides is 2. The number of aromatic nitrogens is 2. The van der Waals surface area contributed by atoms with Crippen LogP contribution in [0.5, 0.6) is 0 Å². The van der Waals surface area contributed by atoms with Crippen molar-refractivity contribution in [1.82, 2.24) is 19.9 Å². The summed E-state index contributed by atoms with van der Waals surface area (Å²) in [6, 6.07) is 7.15. The first-order valence-corrected chi connectivity index (χ1v) is 10.8. The molecule has 0 unspecified atom stereocenters. The third-order valence-electron chi connectivity index (χ3n) is 4.19. The number of hydrogen-bond acceptors (Lipinski definition) is 7. The third-order valence-corrected chi connectivity index (χ3v) is 6.25. The van der Waals surface area contributed by atoms with Crippen LogP contribution in [0.25, 0.3) is 10.9 Å². The van der Waals surface area contributed by atoms with Gasteiger partial charge in [0.2, 0.25) is 5.91 Å². The van der Waals surface area contributed by atoms with Gasteiger partial charge in [0.1, 0.15) is 0 Å². The Hall–Kier alpha value is -2.33. The van der Waals surface area contributed by atoms with E-state index in [9.17, 15) is 14.4 Å². The second-order valence-electron chi connectivity index (χ2n) is 6.02. The summed E-state index contributed by atoms with van der Waals surface area (Å²) < 4.78 is 1.55. The highest BCUT2D eigenvalue weighted by atomic mass is 32.2. The van der Waals surface area contributed by atoms with Gasteiger partial charge in [-0.1, -0.05) is 35.7 Å². The van der Waals surface area contributed by atoms with Crippen molar-refractivity contribution in [2.45, 2.75) is 37.7 Å². The molecule has 0 saturated carbocycles. The van der Waals surface area contributed by atoms with Crippen molar-refractivity contribution >= 4 is 51.4 Å². The van der Waals surface area contributed by atoms with Gasteiger partial charge in [-0.25, -0.2) is 10.4 Å². The Morgan fingerprint density at radius 1 is 1.29 bits per heavy atom. The van der Waals surface area contributed by atoms with Crippen molar-refractivity contribution in [3.05, 3.63) is 34.6 Å². The summed E-state index contributed by atoms with van der Waals surface area (Å²) in [5.74, 6) is -0.282. The zero-order valence-electron chi connectivity index (χ0n) is 15.8. The SMILES string of the molecule is CCN1C(=O)[C@@H](C)S/C1=N\NC(=O)CSc1nc2ccccc2c(=O)n1CC. The number of fused-ring (bicyclic) bond motifs is 1. The molecule has 1 aliphatic rings. The zero-order chi connectivity index (χ0) is 20.3. The van der Waals surface area contributed by atoms with E-state index in [0.717, 1.165) is 0 Å². The molecule has 10 heteroatoms. The summed E-state index contributed by atoms with van der Waals surface area (Å²) in [5, 5.41) is 5.42. The Kier molecular flexibility index (Phi) is 6.40. The number of nitrogens with one attached hydrogen (secondary N) is 1. The molecule has 0 radical (unpaired) electrons. The van der Waals surface area contributed by atoms with Crippen LogP contribution in [0.15, 0.2) is 39.3 Å². The maximum Gasteiger partial charge on any atom is 0.262 e. The van der Waals surface area contributed by atoms with E-state index >= 15 is 0 Å². The lowest BCUT2D eigenvalue weighted by atomic mass is 10.2. The van der Waals surface area contributed by atoms with Crippen LogP contribution in [0.4, 0.5) is 0 Å². The van der Waals surface area contributed by atoms with Crippen molar-refractivity contribution < 1.29 is 9.59 Å². The Labute approximate surface area is 170 Å². The van der Waals surface area contributed by atoms with Gasteiger partial charge in [-0.15, -0.1) is 5.10 Å². The predicted octanol–water partition coefficient (Wildman–Crippen LogP) is 1.88. The van der Waals surface area contributed by atoms with Crippen molar-refractivity contribution in [2.75, 3.05) is 12.3 Å². The lowest BCUT2D eigenvalue weighted by Gasteiger charge is -2.13. The Bertz CT molecular complexity index is 1000. The molecule has 8 nitrogen and oxygen atoms in total. The molecule has 2 amide bonds. The van der Waals surface area contributed by atoms with Crippen LogP contribution in [0.1, 0.15) is 20.8 Å². The summed E-state index contributed by atoms with van der Waals surface area (Å²) in [5.41, 5.74) is 2.97. The van der Waals surface area contributed by atoms with E-state index in [0.29, 0.717) is 34.3 Å². The zero-order valence-corrected chi connectivity index (χ0v) is 17.5. The van der Waals surface area contributed by atoms with Gasteiger partial charge in [-0.3, -0.25) is 23.9 Å². The highest BCUT2D eigenvalue weighted by molar-refractivity contribution is 8.15. The number of hydrazone groups is 1. The van der Waals surface area contributed by atoms with Crippen molar-refractivity contribution in [3.8, 4) is 0 Å². The molecule has 3 rings (SSSR count). The van der Waals surface area contributed by atoms with E-state index in [4.69, 9.17) is 0 Å². The van der Waals surface area contributed by atoms with E-state index in [-0.39, 0.29) is 28.4 Å². The van der Waals surface area contributed by atoms with E-state index < -0.39 is 0 Å². The number of nitrogens with zero attached hydrogens (tertiary/aromatic N) is 4. The van der Waals surface area contributed by atoms with Crippen molar-refractivity contribution in [1.29, 1.82) is 0 Å². The number of carbonyl (C=O) groups excluding carboxylic acids is 2. The van der Waals surface area contributed by atoms with Gasteiger partial charge in [0, 0.05) is 13.1 Å². The first-order valence-electron chi connectivity index (χ1n) is 8.93. The minimum absolute atomic E-state index is 0.0119. The van der Waals surface area contributed by atoms with E-state index in [1.165, 1.54) is 23.5 Å². The lowest BCUT2D eigenvalue weighted by Crippen LogP contribution is -2.33. The average molecular weight is 420 g/mol. The van der Waals surface area contributed by atoms with E-state index in [1.54, 1.807) is 27.7 Å². The molecule has 1 aromatic heterocycles. The molecular formula is C18H21N5O3S2. The number of amidine groups is 1. The van der Waals surface area contributed by atoms with Crippen molar-refractivity contribution in [3.63, 3.8) is 0 Å². The number of thioether (sulfide) groups is 2. The molecule has 28 heavy (non-hydrogen) atoms. The highest BCUT2D eigenvalue weighted by Gasteiger charge is 2.34. The summed E-state index contributed by atoms with van der Waals surface area (Å²) in [6.45, 7) is 6.50. The molecular weight excluding hydrogens is 398 g/mol. The normalized spacial score (nSPS) is 18.2. The summed E-state index contributed by atoms with van der Waals surface area (Å²) in [6.07, 6.45) is 0. The highest BCUT2D eigenvalue weighted by Crippen LogP contribution is 2.26. The fraction of sp³-hybridized carbons (Fsp3) is 0.389.